The minimum atomic E-state index is -0.299. The Morgan fingerprint density at radius 2 is 2.00 bits per heavy atom. The van der Waals surface area contributed by atoms with Crippen LogP contribution in [0.3, 0.4) is 0 Å². The average molecular weight is 402 g/mol. The number of fused-ring (bicyclic) bond motifs is 1. The van der Waals surface area contributed by atoms with Crippen LogP contribution in [-0.4, -0.2) is 30.3 Å². The summed E-state index contributed by atoms with van der Waals surface area (Å²) in [5, 5.41) is 0.825. The molecule has 0 aliphatic carbocycles. The molecule has 1 aliphatic heterocycles. The Morgan fingerprint density at radius 3 is 2.73 bits per heavy atom. The van der Waals surface area contributed by atoms with Crippen molar-refractivity contribution in [3.8, 4) is 17.5 Å². The third-order valence-electron chi connectivity index (χ3n) is 4.97. The second-order valence-electron chi connectivity index (χ2n) is 6.82. The van der Waals surface area contributed by atoms with Crippen molar-refractivity contribution in [2.45, 2.75) is 13.3 Å². The van der Waals surface area contributed by atoms with Gasteiger partial charge in [-0.15, -0.1) is 0 Å². The predicted molar refractivity (Wildman–Crippen MR) is 118 cm³/mol. The minimum Gasteiger partial charge on any atom is -0.493 e. The van der Waals surface area contributed by atoms with Crippen LogP contribution in [0.25, 0.3) is 12.3 Å². The zero-order valence-electron chi connectivity index (χ0n) is 16.9. The molecule has 1 aliphatic rings. The molecule has 1 N–H and O–H groups in total. The molecule has 7 nitrogen and oxygen atoms in total. The lowest BCUT2D eigenvalue weighted by atomic mass is 10.1. The van der Waals surface area contributed by atoms with Gasteiger partial charge in [-0.1, -0.05) is 12.1 Å². The van der Waals surface area contributed by atoms with Crippen LogP contribution < -0.4 is 30.5 Å². The first-order valence-electron chi connectivity index (χ1n) is 9.59. The van der Waals surface area contributed by atoms with E-state index < -0.39 is 0 Å². The number of aromatic amines is 1. The molecular formula is C23H22N4O3. The quantitative estimate of drug-likeness (QED) is 0.664. The molecule has 4 rings (SSSR count). The number of H-pyrrole nitrogens is 1. The maximum Gasteiger partial charge on any atom is 0.302 e. The first-order valence-corrected chi connectivity index (χ1v) is 9.59. The van der Waals surface area contributed by atoms with E-state index in [0.29, 0.717) is 16.3 Å². The fourth-order valence-electron chi connectivity index (χ4n) is 3.35. The van der Waals surface area contributed by atoms with Crippen molar-refractivity contribution in [1.82, 2.24) is 9.97 Å². The molecule has 30 heavy (non-hydrogen) atoms. The summed E-state index contributed by atoms with van der Waals surface area (Å²) in [5.41, 5.74) is 2.97. The van der Waals surface area contributed by atoms with Crippen molar-refractivity contribution in [2.24, 2.45) is 4.99 Å². The molecule has 0 bridgehead atoms. The number of aromatic nitrogens is 2. The van der Waals surface area contributed by atoms with Crippen LogP contribution in [0.5, 0.6) is 17.5 Å². The SMILES string of the molecule is C=N/C=c1/nc(Oc2ccc(N(C)c3ccc4c(c3)OCC4)cc2)[nH]c(=O)/c1=C/C. The Morgan fingerprint density at radius 1 is 1.23 bits per heavy atom. The van der Waals surface area contributed by atoms with Crippen molar-refractivity contribution in [2.75, 3.05) is 18.6 Å². The summed E-state index contributed by atoms with van der Waals surface area (Å²) >= 11 is 0. The second kappa shape index (κ2) is 8.24. The Hall–Kier alpha value is -3.87. The van der Waals surface area contributed by atoms with E-state index in [2.05, 4.69) is 44.8 Å². The third-order valence-corrected chi connectivity index (χ3v) is 4.97. The maximum atomic E-state index is 12.2. The first kappa shape index (κ1) is 19.4. The Labute approximate surface area is 173 Å². The Bertz CT molecular complexity index is 1260. The number of ether oxygens (including phenoxy) is 2. The van der Waals surface area contributed by atoms with Gasteiger partial charge in [0.2, 0.25) is 0 Å². The van der Waals surface area contributed by atoms with Crippen LogP contribution in [0, 0.1) is 0 Å². The number of aliphatic imine (C=N–C) groups is 1. The zero-order chi connectivity index (χ0) is 21.1. The van der Waals surface area contributed by atoms with Gasteiger partial charge in [0.1, 0.15) is 11.5 Å². The highest BCUT2D eigenvalue weighted by Crippen LogP contribution is 2.33. The summed E-state index contributed by atoms with van der Waals surface area (Å²) in [6.07, 6.45) is 4.05. The van der Waals surface area contributed by atoms with Crippen molar-refractivity contribution in [1.29, 1.82) is 0 Å². The number of hydrogen-bond donors (Lipinski definition) is 1. The van der Waals surface area contributed by atoms with E-state index in [1.165, 1.54) is 11.8 Å². The highest BCUT2D eigenvalue weighted by atomic mass is 16.5. The first-order chi connectivity index (χ1) is 14.6. The van der Waals surface area contributed by atoms with Gasteiger partial charge in [-0.25, -0.2) is 0 Å². The monoisotopic (exact) mass is 402 g/mol. The number of nitrogens with zero attached hydrogens (tertiary/aromatic N) is 3. The summed E-state index contributed by atoms with van der Waals surface area (Å²) in [7, 11) is 2.00. The van der Waals surface area contributed by atoms with Gasteiger partial charge in [0, 0.05) is 30.9 Å². The molecule has 0 radical (unpaired) electrons. The van der Waals surface area contributed by atoms with Gasteiger partial charge in [0.25, 0.3) is 5.56 Å². The van der Waals surface area contributed by atoms with E-state index in [-0.39, 0.29) is 11.6 Å². The van der Waals surface area contributed by atoms with E-state index in [9.17, 15) is 4.79 Å². The molecule has 0 spiro atoms. The van der Waals surface area contributed by atoms with Gasteiger partial charge < -0.3 is 14.4 Å². The largest absolute Gasteiger partial charge is 0.493 e. The van der Waals surface area contributed by atoms with Crippen LogP contribution in [0.1, 0.15) is 12.5 Å². The van der Waals surface area contributed by atoms with Crippen LogP contribution >= 0.6 is 0 Å². The van der Waals surface area contributed by atoms with E-state index in [1.807, 2.05) is 31.3 Å². The van der Waals surface area contributed by atoms with Gasteiger partial charge in [0.05, 0.1) is 23.4 Å². The van der Waals surface area contributed by atoms with Crippen LogP contribution in [0.15, 0.2) is 52.3 Å². The lowest BCUT2D eigenvalue weighted by Crippen LogP contribution is -2.42. The normalized spacial score (nSPS) is 13.7. The van der Waals surface area contributed by atoms with Gasteiger partial charge in [-0.3, -0.25) is 14.8 Å². The molecule has 0 saturated heterocycles. The van der Waals surface area contributed by atoms with Crippen molar-refractivity contribution < 1.29 is 9.47 Å². The molecule has 0 fully saturated rings. The topological polar surface area (TPSA) is 79.8 Å². The van der Waals surface area contributed by atoms with E-state index in [4.69, 9.17) is 9.47 Å². The van der Waals surface area contributed by atoms with Crippen molar-refractivity contribution in [3.05, 3.63) is 68.9 Å². The Balaban J connectivity index is 1.56. The average Bonchev–Trinajstić information content (AvgIpc) is 3.22. The summed E-state index contributed by atoms with van der Waals surface area (Å²) in [6, 6.07) is 13.9. The number of benzene rings is 2. The lowest BCUT2D eigenvalue weighted by molar-refractivity contribution is 0.357. The minimum absolute atomic E-state index is 0.0948. The van der Waals surface area contributed by atoms with E-state index in [0.717, 1.165) is 30.2 Å². The smallest absolute Gasteiger partial charge is 0.302 e. The highest BCUT2D eigenvalue weighted by molar-refractivity contribution is 5.65. The molecule has 7 heteroatoms. The van der Waals surface area contributed by atoms with Gasteiger partial charge >= 0.3 is 6.01 Å². The van der Waals surface area contributed by atoms with E-state index >= 15 is 0 Å². The lowest BCUT2D eigenvalue weighted by Gasteiger charge is -2.20. The molecule has 0 atom stereocenters. The van der Waals surface area contributed by atoms with Gasteiger partial charge in [0.15, 0.2) is 0 Å². The molecule has 0 saturated carbocycles. The third kappa shape index (κ3) is 3.82. The summed E-state index contributed by atoms with van der Waals surface area (Å²) in [6.45, 7) is 5.92. The number of hydrogen-bond acceptors (Lipinski definition) is 6. The second-order valence-corrected chi connectivity index (χ2v) is 6.82. The standard InChI is InChI=1S/C23H22N4O3/c1-4-19-20(14-24-2)25-23(26-22(19)28)30-18-9-7-16(8-10-18)27(3)17-6-5-15-11-12-29-21(15)13-17/h4-10,13-14H,2,11-12H2,1,3H3,(H,25,26,28)/b19-4+,20-14+. The fourth-order valence-corrected chi connectivity index (χ4v) is 3.35. The molecule has 1 aromatic heterocycles. The van der Waals surface area contributed by atoms with Crippen molar-refractivity contribution in [3.63, 3.8) is 0 Å². The summed E-state index contributed by atoms with van der Waals surface area (Å²) in [5.74, 6) is 1.50. The van der Waals surface area contributed by atoms with E-state index in [1.54, 1.807) is 13.0 Å². The highest BCUT2D eigenvalue weighted by Gasteiger charge is 2.14. The molecule has 0 amide bonds. The van der Waals surface area contributed by atoms with Crippen LogP contribution in [0.4, 0.5) is 11.4 Å². The molecule has 152 valence electrons. The van der Waals surface area contributed by atoms with Crippen molar-refractivity contribution >= 4 is 30.4 Å². The number of anilines is 2. The van der Waals surface area contributed by atoms with Gasteiger partial charge in [-0.2, -0.15) is 4.98 Å². The molecule has 2 heterocycles. The fraction of sp³-hybridized carbons (Fsp3) is 0.174. The molecular weight excluding hydrogens is 380 g/mol. The summed E-state index contributed by atoms with van der Waals surface area (Å²) in [4.78, 5) is 24.9. The Kier molecular flexibility index (Phi) is 5.34. The predicted octanol–water partition coefficient (Wildman–Crippen LogP) is 2.50. The molecule has 0 unspecified atom stereocenters. The molecule has 3 aromatic rings. The maximum absolute atomic E-state index is 12.2. The molecule has 2 aromatic carbocycles. The number of nitrogens with one attached hydrogen (secondary N) is 1. The zero-order valence-corrected chi connectivity index (χ0v) is 16.9. The van der Waals surface area contributed by atoms with Crippen LogP contribution in [-0.2, 0) is 6.42 Å². The van der Waals surface area contributed by atoms with Crippen LogP contribution in [0.2, 0.25) is 0 Å². The number of rotatable bonds is 5. The van der Waals surface area contributed by atoms with Gasteiger partial charge in [-0.05, 0) is 49.5 Å². The summed E-state index contributed by atoms with van der Waals surface area (Å²) < 4.78 is 11.4.